The first kappa shape index (κ1) is 11.9. The number of amidine groups is 1. The lowest BCUT2D eigenvalue weighted by Crippen LogP contribution is -2.24. The number of hydrogen-bond acceptors (Lipinski definition) is 2. The summed E-state index contributed by atoms with van der Waals surface area (Å²) in [6.07, 6.45) is 8.41. The lowest BCUT2D eigenvalue weighted by atomic mass is 10.1. The van der Waals surface area contributed by atoms with Gasteiger partial charge in [-0.2, -0.15) is 11.8 Å². The fourth-order valence-electron chi connectivity index (χ4n) is 1.98. The van der Waals surface area contributed by atoms with E-state index in [1.165, 1.54) is 25.7 Å². The fraction of sp³-hybridized carbons (Fsp3) is 0.909. The second-order valence-electron chi connectivity index (χ2n) is 4.05. The van der Waals surface area contributed by atoms with E-state index in [0.29, 0.717) is 12.0 Å². The maximum atomic E-state index is 6.03. The Balaban J connectivity index is 2.46. The van der Waals surface area contributed by atoms with Gasteiger partial charge in [-0.05, 0) is 25.5 Å². The number of hydrogen-bond donors (Lipinski definition) is 1. The molecule has 1 aliphatic rings. The minimum atomic E-state index is 0.436. The molecule has 3 heteroatoms. The number of nitrogens with two attached hydrogens (primary N) is 1. The highest BCUT2D eigenvalue weighted by Crippen LogP contribution is 2.25. The zero-order chi connectivity index (χ0) is 10.4. The van der Waals surface area contributed by atoms with Gasteiger partial charge in [0.1, 0.15) is 0 Å². The first-order valence-electron chi connectivity index (χ1n) is 5.60. The summed E-state index contributed by atoms with van der Waals surface area (Å²) in [6, 6.07) is 0.436. The smallest absolute Gasteiger partial charge is 0.0972 e. The monoisotopic (exact) mass is 214 g/mol. The zero-order valence-corrected chi connectivity index (χ0v) is 10.1. The van der Waals surface area contributed by atoms with Gasteiger partial charge in [0.15, 0.2) is 0 Å². The van der Waals surface area contributed by atoms with Crippen LogP contribution in [0.3, 0.4) is 0 Å². The van der Waals surface area contributed by atoms with E-state index >= 15 is 0 Å². The van der Waals surface area contributed by atoms with Crippen LogP contribution in [-0.2, 0) is 0 Å². The number of thioether (sulfide) groups is 1. The Labute approximate surface area is 91.7 Å². The molecule has 14 heavy (non-hydrogen) atoms. The molecular weight excluding hydrogens is 192 g/mol. The average Bonchev–Trinajstić information content (AvgIpc) is 2.69. The van der Waals surface area contributed by atoms with Gasteiger partial charge in [0.2, 0.25) is 0 Å². The SMILES string of the molecule is CCC(CSC)N=C(N)C1CCCC1. The van der Waals surface area contributed by atoms with E-state index in [0.717, 1.165) is 18.0 Å². The van der Waals surface area contributed by atoms with Crippen molar-refractivity contribution in [2.24, 2.45) is 16.6 Å². The Bertz CT molecular complexity index is 186. The Morgan fingerprint density at radius 3 is 2.64 bits per heavy atom. The molecule has 0 aromatic heterocycles. The van der Waals surface area contributed by atoms with Crippen LogP contribution in [0.1, 0.15) is 39.0 Å². The summed E-state index contributed by atoms with van der Waals surface area (Å²) in [5.41, 5.74) is 6.03. The van der Waals surface area contributed by atoms with Crippen molar-refractivity contribution in [3.63, 3.8) is 0 Å². The average molecular weight is 214 g/mol. The number of aliphatic imine (C=N–C) groups is 1. The second kappa shape index (κ2) is 6.33. The van der Waals surface area contributed by atoms with E-state index in [4.69, 9.17) is 5.73 Å². The van der Waals surface area contributed by atoms with Crippen molar-refractivity contribution < 1.29 is 0 Å². The van der Waals surface area contributed by atoms with Gasteiger partial charge in [0.25, 0.3) is 0 Å². The van der Waals surface area contributed by atoms with Crippen molar-refractivity contribution in [1.29, 1.82) is 0 Å². The zero-order valence-electron chi connectivity index (χ0n) is 9.33. The van der Waals surface area contributed by atoms with Gasteiger partial charge in [-0.1, -0.05) is 19.8 Å². The molecule has 1 saturated carbocycles. The molecule has 82 valence electrons. The molecule has 0 radical (unpaired) electrons. The molecule has 1 aliphatic carbocycles. The minimum absolute atomic E-state index is 0.436. The molecule has 0 aromatic rings. The first-order valence-corrected chi connectivity index (χ1v) is 6.99. The van der Waals surface area contributed by atoms with Crippen molar-refractivity contribution in [2.75, 3.05) is 12.0 Å². The summed E-state index contributed by atoms with van der Waals surface area (Å²) in [4.78, 5) is 4.64. The van der Waals surface area contributed by atoms with Gasteiger partial charge >= 0.3 is 0 Å². The van der Waals surface area contributed by atoms with E-state index in [-0.39, 0.29) is 0 Å². The Morgan fingerprint density at radius 2 is 2.14 bits per heavy atom. The molecule has 0 amide bonds. The molecular formula is C11H22N2S. The summed E-state index contributed by atoms with van der Waals surface area (Å²) >= 11 is 1.86. The maximum absolute atomic E-state index is 6.03. The molecule has 1 fully saturated rings. The minimum Gasteiger partial charge on any atom is -0.387 e. The van der Waals surface area contributed by atoms with Crippen LogP contribution in [-0.4, -0.2) is 23.9 Å². The first-order chi connectivity index (χ1) is 6.77. The molecule has 0 aromatic carbocycles. The molecule has 1 unspecified atom stereocenters. The van der Waals surface area contributed by atoms with E-state index in [2.05, 4.69) is 18.2 Å². The van der Waals surface area contributed by atoms with E-state index < -0.39 is 0 Å². The van der Waals surface area contributed by atoms with E-state index in [1.54, 1.807) is 0 Å². The van der Waals surface area contributed by atoms with Crippen LogP contribution in [0.25, 0.3) is 0 Å². The summed E-state index contributed by atoms with van der Waals surface area (Å²) in [5.74, 6) is 2.61. The van der Waals surface area contributed by atoms with E-state index in [1.807, 2.05) is 11.8 Å². The van der Waals surface area contributed by atoms with Crippen LogP contribution in [0.15, 0.2) is 4.99 Å². The summed E-state index contributed by atoms with van der Waals surface area (Å²) in [7, 11) is 0. The van der Waals surface area contributed by atoms with Crippen molar-refractivity contribution >= 4 is 17.6 Å². The predicted octanol–water partition coefficient (Wildman–Crippen LogP) is 2.68. The lowest BCUT2D eigenvalue weighted by molar-refractivity contribution is 0.678. The normalized spacial score (nSPS) is 21.4. The highest BCUT2D eigenvalue weighted by Gasteiger charge is 2.19. The van der Waals surface area contributed by atoms with E-state index in [9.17, 15) is 0 Å². The quantitative estimate of drug-likeness (QED) is 0.564. The van der Waals surface area contributed by atoms with Crippen LogP contribution in [0.4, 0.5) is 0 Å². The topological polar surface area (TPSA) is 38.4 Å². The number of nitrogens with zero attached hydrogens (tertiary/aromatic N) is 1. The third kappa shape index (κ3) is 3.52. The molecule has 2 nitrogen and oxygen atoms in total. The molecule has 2 N–H and O–H groups in total. The highest BCUT2D eigenvalue weighted by molar-refractivity contribution is 7.98. The standard InChI is InChI=1S/C11H22N2S/c1-3-10(8-14-2)13-11(12)9-6-4-5-7-9/h9-10H,3-8H2,1-2H3,(H2,12,13). The van der Waals surface area contributed by atoms with Gasteiger partial charge in [-0.25, -0.2) is 0 Å². The van der Waals surface area contributed by atoms with Gasteiger partial charge in [-0.3, -0.25) is 4.99 Å². The van der Waals surface area contributed by atoms with Gasteiger partial charge in [0.05, 0.1) is 11.9 Å². The van der Waals surface area contributed by atoms with Crippen molar-refractivity contribution in [3.8, 4) is 0 Å². The third-order valence-electron chi connectivity index (χ3n) is 2.94. The highest BCUT2D eigenvalue weighted by atomic mass is 32.2. The summed E-state index contributed by atoms with van der Waals surface area (Å²) < 4.78 is 0. The van der Waals surface area contributed by atoms with Gasteiger partial charge < -0.3 is 5.73 Å². The number of rotatable bonds is 5. The Hall–Kier alpha value is -0.180. The molecule has 0 aliphatic heterocycles. The molecule has 0 bridgehead atoms. The van der Waals surface area contributed by atoms with Gasteiger partial charge in [-0.15, -0.1) is 0 Å². The Kier molecular flexibility index (Phi) is 5.38. The molecule has 1 rings (SSSR count). The lowest BCUT2D eigenvalue weighted by Gasteiger charge is -2.13. The third-order valence-corrected chi connectivity index (χ3v) is 3.65. The summed E-state index contributed by atoms with van der Waals surface area (Å²) in [5, 5.41) is 0. The second-order valence-corrected chi connectivity index (χ2v) is 4.96. The van der Waals surface area contributed by atoms with Crippen LogP contribution < -0.4 is 5.73 Å². The summed E-state index contributed by atoms with van der Waals surface area (Å²) in [6.45, 7) is 2.19. The van der Waals surface area contributed by atoms with Gasteiger partial charge in [0, 0.05) is 11.7 Å². The van der Waals surface area contributed by atoms with Crippen LogP contribution in [0, 0.1) is 5.92 Å². The Morgan fingerprint density at radius 1 is 1.50 bits per heavy atom. The molecule has 0 spiro atoms. The maximum Gasteiger partial charge on any atom is 0.0972 e. The largest absolute Gasteiger partial charge is 0.387 e. The molecule has 0 saturated heterocycles. The van der Waals surface area contributed by atoms with Crippen molar-refractivity contribution in [2.45, 2.75) is 45.1 Å². The van der Waals surface area contributed by atoms with Crippen molar-refractivity contribution in [3.05, 3.63) is 0 Å². The van der Waals surface area contributed by atoms with Crippen LogP contribution in [0.5, 0.6) is 0 Å². The van der Waals surface area contributed by atoms with Crippen LogP contribution >= 0.6 is 11.8 Å². The van der Waals surface area contributed by atoms with Crippen LogP contribution in [0.2, 0.25) is 0 Å². The molecule has 1 atom stereocenters. The fourth-order valence-corrected chi connectivity index (χ4v) is 2.67. The predicted molar refractivity (Wildman–Crippen MR) is 66.0 cm³/mol. The van der Waals surface area contributed by atoms with Crippen molar-refractivity contribution in [1.82, 2.24) is 0 Å². The molecule has 0 heterocycles.